The molecule has 1 unspecified atom stereocenters. The number of imidazole rings is 1. The molecule has 0 bridgehead atoms. The van der Waals surface area contributed by atoms with Crippen LogP contribution in [0, 0.1) is 0 Å². The van der Waals surface area contributed by atoms with Crippen molar-refractivity contribution >= 4 is 39.5 Å². The van der Waals surface area contributed by atoms with Crippen LogP contribution in [0.25, 0.3) is 11.5 Å². The van der Waals surface area contributed by atoms with Crippen molar-refractivity contribution in [2.75, 3.05) is 11.4 Å². The maximum atomic E-state index is 13.5. The molecule has 1 amide bonds. The van der Waals surface area contributed by atoms with Gasteiger partial charge in [0.25, 0.3) is 5.91 Å². The molecular formula is C23H23BrF3N9O4. The SMILES string of the molecule is CCCCCN1c2nc(Br)[nH]c2C(=O)N2C(CCCc3nc(-c4ccccn4)no3)=NN(OC(=O)C(F)(F)F)C21. The summed E-state index contributed by atoms with van der Waals surface area (Å²) in [6.45, 7) is 2.31. The summed E-state index contributed by atoms with van der Waals surface area (Å²) in [6.07, 6.45) is -1.86. The summed E-state index contributed by atoms with van der Waals surface area (Å²) in [5.74, 6) is -2.10. The predicted molar refractivity (Wildman–Crippen MR) is 135 cm³/mol. The van der Waals surface area contributed by atoms with Crippen LogP contribution in [0.15, 0.2) is 38.8 Å². The number of pyridine rings is 1. The first-order chi connectivity index (χ1) is 19.2. The number of aromatic nitrogens is 5. The highest BCUT2D eigenvalue weighted by atomic mass is 79.9. The zero-order valence-corrected chi connectivity index (χ0v) is 22.6. The van der Waals surface area contributed by atoms with Gasteiger partial charge in [-0.1, -0.05) is 36.2 Å². The second kappa shape index (κ2) is 11.2. The molecule has 0 fully saturated rings. The van der Waals surface area contributed by atoms with Crippen LogP contribution in [-0.4, -0.2) is 71.9 Å². The Hall–Kier alpha value is -4.02. The van der Waals surface area contributed by atoms with E-state index in [4.69, 9.17) is 4.52 Å². The first-order valence-electron chi connectivity index (χ1n) is 12.4. The number of alkyl halides is 3. The third-order valence-electron chi connectivity index (χ3n) is 6.12. The Balaban J connectivity index is 1.39. The quantitative estimate of drug-likeness (QED) is 0.328. The van der Waals surface area contributed by atoms with Crippen molar-refractivity contribution in [3.8, 4) is 11.5 Å². The molecule has 3 aromatic heterocycles. The van der Waals surface area contributed by atoms with Crippen LogP contribution in [0.5, 0.6) is 0 Å². The Morgan fingerprint density at radius 2 is 2.02 bits per heavy atom. The third kappa shape index (κ3) is 5.50. The lowest BCUT2D eigenvalue weighted by Crippen LogP contribution is -2.60. The summed E-state index contributed by atoms with van der Waals surface area (Å²) in [5.41, 5.74) is 0.666. The maximum Gasteiger partial charge on any atom is 0.493 e. The number of anilines is 1. The number of hydroxylamine groups is 1. The van der Waals surface area contributed by atoms with Gasteiger partial charge in [0.1, 0.15) is 17.2 Å². The predicted octanol–water partition coefficient (Wildman–Crippen LogP) is 4.03. The molecule has 0 saturated heterocycles. The molecule has 1 N–H and O–H groups in total. The minimum atomic E-state index is -5.27. The molecule has 0 spiro atoms. The van der Waals surface area contributed by atoms with E-state index in [0.717, 1.165) is 12.8 Å². The largest absolute Gasteiger partial charge is 0.493 e. The van der Waals surface area contributed by atoms with E-state index in [0.29, 0.717) is 42.0 Å². The molecule has 212 valence electrons. The van der Waals surface area contributed by atoms with Gasteiger partial charge in [0.05, 0.1) is 0 Å². The summed E-state index contributed by atoms with van der Waals surface area (Å²) in [6, 6.07) is 5.28. The van der Waals surface area contributed by atoms with E-state index in [1.54, 1.807) is 29.3 Å². The van der Waals surface area contributed by atoms with E-state index >= 15 is 0 Å². The van der Waals surface area contributed by atoms with Gasteiger partial charge in [-0.25, -0.2) is 14.7 Å². The van der Waals surface area contributed by atoms with Gasteiger partial charge < -0.3 is 19.2 Å². The lowest BCUT2D eigenvalue weighted by Gasteiger charge is -2.40. The van der Waals surface area contributed by atoms with Gasteiger partial charge in [0.2, 0.25) is 18.0 Å². The van der Waals surface area contributed by atoms with Crippen LogP contribution < -0.4 is 4.90 Å². The number of rotatable bonds is 10. The molecule has 40 heavy (non-hydrogen) atoms. The standard InChI is InChI=1S/C23H23BrF3N9O4/c1-2-3-6-12-34-18-16(30-21(24)31-18)19(37)35-14(32-36(22(34)35)40-20(38)23(25,26)27)9-7-10-15-29-17(33-39-15)13-8-4-5-11-28-13/h4-5,8,11,22H,2-3,6-7,9-10,12H2,1H3,(H,30,31). The van der Waals surface area contributed by atoms with Crippen LogP contribution in [-0.2, 0) is 16.1 Å². The van der Waals surface area contributed by atoms with Gasteiger partial charge in [-0.2, -0.15) is 18.2 Å². The molecule has 17 heteroatoms. The van der Waals surface area contributed by atoms with E-state index in [2.05, 4.69) is 51.0 Å². The number of carbonyl (C=O) groups excluding carboxylic acids is 2. The fraction of sp³-hybridized carbons (Fsp3) is 0.435. The lowest BCUT2D eigenvalue weighted by atomic mass is 10.1. The fourth-order valence-electron chi connectivity index (χ4n) is 4.33. The first-order valence-corrected chi connectivity index (χ1v) is 13.2. The summed E-state index contributed by atoms with van der Waals surface area (Å²) in [7, 11) is 0. The van der Waals surface area contributed by atoms with Crippen LogP contribution in [0.2, 0.25) is 0 Å². The van der Waals surface area contributed by atoms with Crippen molar-refractivity contribution in [3.05, 3.63) is 40.7 Å². The van der Waals surface area contributed by atoms with Gasteiger partial charge in [-0.15, -0.1) is 5.10 Å². The number of carbonyl (C=O) groups is 2. The van der Waals surface area contributed by atoms with Crippen molar-refractivity contribution in [3.63, 3.8) is 0 Å². The van der Waals surface area contributed by atoms with Gasteiger partial charge in [0, 0.05) is 25.6 Å². The van der Waals surface area contributed by atoms with E-state index in [9.17, 15) is 22.8 Å². The number of aromatic amines is 1. The molecule has 0 saturated carbocycles. The van der Waals surface area contributed by atoms with Crippen molar-refractivity contribution in [2.24, 2.45) is 5.10 Å². The molecule has 5 rings (SSSR count). The Labute approximate surface area is 233 Å². The Kier molecular flexibility index (Phi) is 7.73. The Morgan fingerprint density at radius 3 is 2.75 bits per heavy atom. The minimum Gasteiger partial charge on any atom is -0.339 e. The van der Waals surface area contributed by atoms with Crippen LogP contribution in [0.1, 0.15) is 55.4 Å². The van der Waals surface area contributed by atoms with E-state index in [1.165, 1.54) is 4.90 Å². The number of unbranched alkanes of at least 4 members (excludes halogenated alkanes) is 2. The molecule has 3 aromatic rings. The van der Waals surface area contributed by atoms with Gasteiger partial charge in [-0.05, 0) is 40.9 Å². The summed E-state index contributed by atoms with van der Waals surface area (Å²) in [4.78, 5) is 48.4. The van der Waals surface area contributed by atoms with Crippen LogP contribution in [0.3, 0.4) is 0 Å². The first kappa shape index (κ1) is 27.5. The second-order valence-corrected chi connectivity index (χ2v) is 9.67. The molecule has 1 atom stereocenters. The number of amides is 1. The van der Waals surface area contributed by atoms with Crippen molar-refractivity contribution in [2.45, 2.75) is 57.9 Å². The van der Waals surface area contributed by atoms with Gasteiger partial charge >= 0.3 is 12.1 Å². The summed E-state index contributed by atoms with van der Waals surface area (Å²) >= 11 is 3.22. The topological polar surface area (TPSA) is 146 Å². The molecule has 2 aliphatic heterocycles. The zero-order chi connectivity index (χ0) is 28.4. The molecule has 0 aliphatic carbocycles. The number of H-pyrrole nitrogens is 1. The Bertz CT molecular complexity index is 1410. The highest BCUT2D eigenvalue weighted by Gasteiger charge is 2.52. The highest BCUT2D eigenvalue weighted by Crippen LogP contribution is 2.37. The number of aryl methyl sites for hydroxylation is 1. The highest BCUT2D eigenvalue weighted by molar-refractivity contribution is 9.10. The number of hydrogen-bond acceptors (Lipinski definition) is 11. The van der Waals surface area contributed by atoms with Gasteiger partial charge in [0.15, 0.2) is 10.6 Å². The number of halogens is 4. The number of nitrogens with zero attached hydrogens (tertiary/aromatic N) is 8. The van der Waals surface area contributed by atoms with E-state index < -0.39 is 24.3 Å². The number of fused-ring (bicyclic) bond motifs is 2. The third-order valence-corrected chi connectivity index (χ3v) is 6.50. The average Bonchev–Trinajstić information content (AvgIpc) is 3.64. The van der Waals surface area contributed by atoms with E-state index in [1.807, 2.05) is 6.92 Å². The molecule has 0 radical (unpaired) electrons. The van der Waals surface area contributed by atoms with Gasteiger partial charge in [-0.3, -0.25) is 9.78 Å². The lowest BCUT2D eigenvalue weighted by molar-refractivity contribution is -0.249. The molecule has 13 nitrogen and oxygen atoms in total. The second-order valence-electron chi connectivity index (χ2n) is 8.92. The smallest absolute Gasteiger partial charge is 0.339 e. The normalized spacial score (nSPS) is 16.7. The number of amidine groups is 1. The number of hydrazone groups is 1. The van der Waals surface area contributed by atoms with Crippen molar-refractivity contribution in [1.82, 2.24) is 35.2 Å². The maximum absolute atomic E-state index is 13.5. The zero-order valence-electron chi connectivity index (χ0n) is 21.1. The van der Waals surface area contributed by atoms with E-state index in [-0.39, 0.29) is 34.9 Å². The monoisotopic (exact) mass is 625 g/mol. The molecule has 2 aliphatic rings. The summed E-state index contributed by atoms with van der Waals surface area (Å²) in [5, 5.41) is 8.56. The summed E-state index contributed by atoms with van der Waals surface area (Å²) < 4.78 is 44.9. The Morgan fingerprint density at radius 1 is 1.20 bits per heavy atom. The average molecular weight is 626 g/mol. The number of hydrogen-bond donors (Lipinski definition) is 1. The molecular weight excluding hydrogens is 603 g/mol. The number of nitrogens with one attached hydrogen (secondary N) is 1. The minimum absolute atomic E-state index is 0.103. The molecule has 5 heterocycles. The fourth-order valence-corrected chi connectivity index (χ4v) is 4.70. The molecule has 0 aromatic carbocycles. The van der Waals surface area contributed by atoms with Crippen molar-refractivity contribution in [1.29, 1.82) is 0 Å². The van der Waals surface area contributed by atoms with Crippen LogP contribution in [0.4, 0.5) is 19.0 Å². The van der Waals surface area contributed by atoms with Crippen LogP contribution >= 0.6 is 15.9 Å². The van der Waals surface area contributed by atoms with Crippen molar-refractivity contribution < 1.29 is 32.1 Å².